The number of aliphatic hydroxyl groups is 1. The zero-order valence-corrected chi connectivity index (χ0v) is 28.2. The van der Waals surface area contributed by atoms with Crippen LogP contribution < -0.4 is 9.80 Å². The number of carbonyl (C=O) groups is 3. The number of carbonyl (C=O) groups excluding carboxylic acids is 3. The quantitative estimate of drug-likeness (QED) is 0.239. The Morgan fingerprint density at radius 3 is 2.59 bits per heavy atom. The number of aliphatic hydroxyl groups excluding tert-OH is 1. The molecular weight excluding hydrogens is 601 g/mol. The highest BCUT2D eigenvalue weighted by atomic mass is 28.4. The highest BCUT2D eigenvalue weighted by Gasteiger charge is 2.67. The minimum absolute atomic E-state index is 0.0570. The Kier molecular flexibility index (Phi) is 8.99. The molecule has 0 unspecified atom stereocenters. The van der Waals surface area contributed by atoms with E-state index in [0.29, 0.717) is 42.9 Å². The van der Waals surface area contributed by atoms with Crippen LogP contribution in [0.15, 0.2) is 55.1 Å². The van der Waals surface area contributed by atoms with Crippen molar-refractivity contribution in [3.63, 3.8) is 0 Å². The lowest BCUT2D eigenvalue weighted by atomic mass is 9.82. The highest BCUT2D eigenvalue weighted by molar-refractivity contribution is 6.72. The summed E-state index contributed by atoms with van der Waals surface area (Å²) in [7, 11) is -3.50. The molecule has 0 aromatic heterocycles. The molecule has 1 spiro atoms. The molecule has 2 aromatic carbocycles. The van der Waals surface area contributed by atoms with Crippen LogP contribution in [0.4, 0.5) is 15.5 Å². The lowest BCUT2D eigenvalue weighted by Gasteiger charge is -2.37. The minimum atomic E-state index is -3.50. The second-order valence-corrected chi connectivity index (χ2v) is 17.7. The molecule has 46 heavy (non-hydrogen) atoms. The van der Waals surface area contributed by atoms with E-state index in [0.717, 1.165) is 36.8 Å². The van der Waals surface area contributed by atoms with Gasteiger partial charge in [0, 0.05) is 48.8 Å². The Balaban J connectivity index is 1.38. The molecule has 246 valence electrons. The summed E-state index contributed by atoms with van der Waals surface area (Å²) in [6.07, 6.45) is 5.58. The van der Waals surface area contributed by atoms with Gasteiger partial charge in [-0.2, -0.15) is 0 Å². The first kappa shape index (κ1) is 32.6. The molecule has 4 aliphatic rings. The van der Waals surface area contributed by atoms with Crippen molar-refractivity contribution in [2.75, 3.05) is 29.5 Å². The summed E-state index contributed by atoms with van der Waals surface area (Å²) in [4.78, 5) is 46.9. The predicted octanol–water partition coefficient (Wildman–Crippen LogP) is 5.63. The van der Waals surface area contributed by atoms with Gasteiger partial charge in [-0.15, -0.1) is 6.58 Å². The van der Waals surface area contributed by atoms with Gasteiger partial charge in [-0.05, 0) is 61.7 Å². The lowest BCUT2D eigenvalue weighted by Crippen LogP contribution is -2.48. The monoisotopic (exact) mass is 647 g/mol. The Labute approximate surface area is 272 Å². The van der Waals surface area contributed by atoms with Crippen LogP contribution in [0.1, 0.15) is 62.1 Å². The number of benzene rings is 2. The maximum atomic E-state index is 16.4. The summed E-state index contributed by atoms with van der Waals surface area (Å²) < 4.78 is 23.3. The topological polar surface area (TPSA) is 90.4 Å². The summed E-state index contributed by atoms with van der Waals surface area (Å²) in [6.45, 7) is 10.0. The van der Waals surface area contributed by atoms with E-state index in [9.17, 15) is 19.5 Å². The third-order valence-corrected chi connectivity index (χ3v) is 13.1. The van der Waals surface area contributed by atoms with Crippen LogP contribution in [0.25, 0.3) is 0 Å². The second-order valence-electron chi connectivity index (χ2n) is 13.9. The van der Waals surface area contributed by atoms with E-state index in [-0.39, 0.29) is 43.3 Å². The molecule has 0 radical (unpaired) electrons. The van der Waals surface area contributed by atoms with Gasteiger partial charge in [0.05, 0.1) is 30.9 Å². The molecule has 6 rings (SSSR count). The Morgan fingerprint density at radius 2 is 1.87 bits per heavy atom. The van der Waals surface area contributed by atoms with E-state index in [1.165, 1.54) is 0 Å². The smallest absolute Gasteiger partial charge is 0.264 e. The lowest BCUT2D eigenvalue weighted by molar-refractivity contribution is -0.150. The van der Waals surface area contributed by atoms with Gasteiger partial charge in [-0.1, -0.05) is 50.1 Å². The average molecular weight is 648 g/mol. The maximum absolute atomic E-state index is 16.4. The van der Waals surface area contributed by atoms with Crippen LogP contribution in [0.5, 0.6) is 0 Å². The number of amides is 3. The van der Waals surface area contributed by atoms with Gasteiger partial charge >= 0.3 is 0 Å². The van der Waals surface area contributed by atoms with Crippen molar-refractivity contribution in [3.8, 4) is 0 Å². The summed E-state index contributed by atoms with van der Waals surface area (Å²) in [5, 5.41) is 10.2. The molecule has 5 atom stereocenters. The average Bonchev–Trinajstić information content (AvgIpc) is 3.44. The molecular formula is C36H46FN3O5Si. The van der Waals surface area contributed by atoms with E-state index in [4.69, 9.17) is 4.74 Å². The third-order valence-electron chi connectivity index (χ3n) is 10.7. The standard InChI is InChI=1S/C36H46FN3O5Si/c1-5-17-39-30-16-15-27(38-18-11-7-6-8-14-32(38)42)20-29(30)36(35(39)44)24(2)34(46(3,4)37)31(45-36)21-33(43)40-22-26-13-10-9-12-25(26)19-28(40)23-41/h5,9-10,12-13,15-16,20,24,28,31,34,41H,1,6-8,11,14,17-19,21-23H2,2-4H3/t24-,28-,31+,34-,36+/m0/s1. The molecule has 2 saturated heterocycles. The largest absolute Gasteiger partial charge is 0.394 e. The predicted molar refractivity (Wildman–Crippen MR) is 179 cm³/mol. The number of anilines is 2. The minimum Gasteiger partial charge on any atom is -0.394 e. The Hall–Kier alpha value is -3.34. The highest BCUT2D eigenvalue weighted by Crippen LogP contribution is 2.60. The summed E-state index contributed by atoms with van der Waals surface area (Å²) in [6, 6.07) is 13.2. The van der Waals surface area contributed by atoms with Crippen molar-refractivity contribution in [3.05, 3.63) is 71.8 Å². The Morgan fingerprint density at radius 1 is 1.13 bits per heavy atom. The van der Waals surface area contributed by atoms with Gasteiger partial charge < -0.3 is 28.7 Å². The van der Waals surface area contributed by atoms with Gasteiger partial charge in [-0.3, -0.25) is 14.4 Å². The maximum Gasteiger partial charge on any atom is 0.264 e. The number of hydrogen-bond acceptors (Lipinski definition) is 5. The van der Waals surface area contributed by atoms with Crippen LogP contribution in [-0.4, -0.2) is 68.0 Å². The number of fused-ring (bicyclic) bond motifs is 3. The third kappa shape index (κ3) is 5.52. The van der Waals surface area contributed by atoms with Crippen molar-refractivity contribution < 1.29 is 28.3 Å². The molecule has 4 aliphatic heterocycles. The normalized spacial score (nSPS) is 28.2. The first-order valence-electron chi connectivity index (χ1n) is 16.7. The molecule has 0 saturated carbocycles. The zero-order chi connectivity index (χ0) is 32.8. The van der Waals surface area contributed by atoms with Gasteiger partial charge in [0.15, 0.2) is 5.60 Å². The molecule has 1 N–H and O–H groups in total. The van der Waals surface area contributed by atoms with E-state index in [1.807, 2.05) is 54.3 Å². The number of halogens is 1. The summed E-state index contributed by atoms with van der Waals surface area (Å²) in [5.74, 6) is -1.02. The molecule has 2 aromatic rings. The van der Waals surface area contributed by atoms with Crippen molar-refractivity contribution in [2.45, 2.75) is 94.8 Å². The molecule has 0 bridgehead atoms. The number of hydrogen-bond donors (Lipinski definition) is 1. The molecule has 8 nitrogen and oxygen atoms in total. The van der Waals surface area contributed by atoms with Gasteiger partial charge in [0.25, 0.3) is 5.91 Å². The molecule has 0 aliphatic carbocycles. The van der Waals surface area contributed by atoms with E-state index in [1.54, 1.807) is 29.0 Å². The number of ether oxygens (including phenoxy) is 1. The molecule has 3 amide bonds. The summed E-state index contributed by atoms with van der Waals surface area (Å²) >= 11 is 0. The van der Waals surface area contributed by atoms with Crippen LogP contribution in [0, 0.1) is 5.92 Å². The van der Waals surface area contributed by atoms with Gasteiger partial charge in [0.2, 0.25) is 20.2 Å². The summed E-state index contributed by atoms with van der Waals surface area (Å²) in [5.41, 5.74) is 1.98. The SMILES string of the molecule is C=CCN1C(=O)[C@]2(O[C@H](CC(=O)N3Cc4ccccc4C[C@H]3CO)[C@@H]([Si](C)(C)F)[C@@H]2C)c2cc(N3CCCCCCC3=O)ccc21. The van der Waals surface area contributed by atoms with E-state index >= 15 is 4.11 Å². The molecule has 2 fully saturated rings. The molecule has 4 heterocycles. The van der Waals surface area contributed by atoms with Crippen LogP contribution in [0.3, 0.4) is 0 Å². The van der Waals surface area contributed by atoms with Crippen molar-refractivity contribution >= 4 is 37.5 Å². The van der Waals surface area contributed by atoms with Crippen LogP contribution in [0.2, 0.25) is 18.6 Å². The molecule has 10 heteroatoms. The fourth-order valence-electron chi connectivity index (χ4n) is 8.48. The number of nitrogens with zero attached hydrogens (tertiary/aromatic N) is 3. The zero-order valence-electron chi connectivity index (χ0n) is 27.2. The second kappa shape index (κ2) is 12.7. The fraction of sp³-hybridized carbons (Fsp3) is 0.528. The fourth-order valence-corrected chi connectivity index (χ4v) is 11.0. The van der Waals surface area contributed by atoms with Crippen molar-refractivity contribution in [2.24, 2.45) is 5.92 Å². The van der Waals surface area contributed by atoms with Crippen molar-refractivity contribution in [1.29, 1.82) is 0 Å². The van der Waals surface area contributed by atoms with E-state index in [2.05, 4.69) is 6.58 Å². The van der Waals surface area contributed by atoms with Crippen LogP contribution >= 0.6 is 0 Å². The van der Waals surface area contributed by atoms with Crippen LogP contribution in [-0.2, 0) is 37.7 Å². The first-order valence-corrected chi connectivity index (χ1v) is 19.7. The van der Waals surface area contributed by atoms with Crippen molar-refractivity contribution in [1.82, 2.24) is 4.90 Å². The first-order chi connectivity index (χ1) is 22.0. The van der Waals surface area contributed by atoms with E-state index < -0.39 is 31.6 Å². The van der Waals surface area contributed by atoms with Gasteiger partial charge in [0.1, 0.15) is 0 Å². The Bertz CT molecular complexity index is 1530. The number of rotatable bonds is 7. The van der Waals surface area contributed by atoms with Gasteiger partial charge in [-0.25, -0.2) is 0 Å².